The highest BCUT2D eigenvalue weighted by molar-refractivity contribution is 6.04. The van der Waals surface area contributed by atoms with Crippen LogP contribution in [0.1, 0.15) is 25.3 Å². The summed E-state index contributed by atoms with van der Waals surface area (Å²) in [4.78, 5) is 25.7. The number of nitrogens with zero attached hydrogens (tertiary/aromatic N) is 1. The molecular formula is C19H24ClNO5. The molecule has 1 N–H and O–H groups in total. The van der Waals surface area contributed by atoms with E-state index in [1.54, 1.807) is 7.11 Å². The van der Waals surface area contributed by atoms with Crippen molar-refractivity contribution in [3.05, 3.63) is 41.0 Å². The summed E-state index contributed by atoms with van der Waals surface area (Å²) in [6, 6.07) is 7.94. The summed E-state index contributed by atoms with van der Waals surface area (Å²) in [6.07, 6.45) is 1.89. The fourth-order valence-corrected chi connectivity index (χ4v) is 3.78. The van der Waals surface area contributed by atoms with Crippen molar-refractivity contribution in [2.45, 2.75) is 31.8 Å². The molecule has 1 spiro atoms. The van der Waals surface area contributed by atoms with Crippen LogP contribution < -0.4 is 4.74 Å². The molecule has 2 aliphatic rings. The maximum atomic E-state index is 11.9. The number of benzene rings is 1. The van der Waals surface area contributed by atoms with E-state index in [9.17, 15) is 14.7 Å². The van der Waals surface area contributed by atoms with E-state index in [1.807, 2.05) is 18.2 Å². The van der Waals surface area contributed by atoms with Crippen molar-refractivity contribution in [2.75, 3.05) is 26.7 Å². The number of carbonyl (C=O) groups excluding carboxylic acids is 1. The van der Waals surface area contributed by atoms with Gasteiger partial charge in [0.25, 0.3) is 0 Å². The molecule has 0 amide bonds. The molecule has 1 aromatic carbocycles. The first-order chi connectivity index (χ1) is 12.0. The lowest BCUT2D eigenvalue weighted by atomic mass is 9.83. The molecule has 1 saturated heterocycles. The molecule has 0 atom stereocenters. The Hall–Kier alpha value is -2.05. The molecule has 0 radical (unpaired) electrons. The molecule has 1 aromatic rings. The van der Waals surface area contributed by atoms with E-state index in [1.165, 1.54) is 6.92 Å². The molecule has 0 aromatic heterocycles. The lowest BCUT2D eigenvalue weighted by Crippen LogP contribution is -2.47. The number of likely N-dealkylation sites (tertiary alicyclic amines) is 1. The number of ether oxygens (including phenoxy) is 2. The Bertz CT molecular complexity index is 722. The van der Waals surface area contributed by atoms with Crippen LogP contribution in [0, 0.1) is 0 Å². The van der Waals surface area contributed by atoms with Gasteiger partial charge in [-0.2, -0.15) is 0 Å². The Morgan fingerprint density at radius 2 is 1.96 bits per heavy atom. The summed E-state index contributed by atoms with van der Waals surface area (Å²) in [7, 11) is 1.67. The molecule has 1 fully saturated rings. The fraction of sp³-hybridized carbons (Fsp3) is 0.474. The Kier molecular flexibility index (Phi) is 6.31. The summed E-state index contributed by atoms with van der Waals surface area (Å²) in [5, 5.41) is 9.48. The third-order valence-corrected chi connectivity index (χ3v) is 5.19. The van der Waals surface area contributed by atoms with Gasteiger partial charge in [-0.25, -0.2) is 9.59 Å². The second-order valence-electron chi connectivity index (χ2n) is 6.59. The number of carboxylic acid groups (broad SMARTS) is 1. The minimum Gasteiger partial charge on any atom is -0.496 e. The summed E-state index contributed by atoms with van der Waals surface area (Å²) < 4.78 is 10.9. The van der Waals surface area contributed by atoms with Crippen LogP contribution in [0.2, 0.25) is 0 Å². The molecular weight excluding hydrogens is 358 g/mol. The number of aliphatic carboxylic acids is 1. The van der Waals surface area contributed by atoms with Gasteiger partial charge in [-0.15, -0.1) is 12.4 Å². The smallest absolute Gasteiger partial charge is 0.336 e. The second-order valence-corrected chi connectivity index (χ2v) is 6.59. The zero-order chi connectivity index (χ0) is 18.0. The van der Waals surface area contributed by atoms with Crippen molar-refractivity contribution >= 4 is 24.3 Å². The van der Waals surface area contributed by atoms with Crippen LogP contribution in [0.5, 0.6) is 5.75 Å². The Labute approximate surface area is 159 Å². The first-order valence-corrected chi connectivity index (χ1v) is 8.49. The molecule has 7 heteroatoms. The van der Waals surface area contributed by atoms with Gasteiger partial charge in [-0.05, 0) is 25.0 Å². The molecule has 2 aliphatic heterocycles. The number of hydrogen-bond acceptors (Lipinski definition) is 5. The number of carbonyl (C=O) groups is 2. The summed E-state index contributed by atoms with van der Waals surface area (Å²) in [6.45, 7) is 3.79. The largest absolute Gasteiger partial charge is 0.496 e. The van der Waals surface area contributed by atoms with Gasteiger partial charge in [0, 0.05) is 38.0 Å². The fourth-order valence-electron chi connectivity index (χ4n) is 3.78. The highest BCUT2D eigenvalue weighted by atomic mass is 35.5. The number of hydrogen-bond donors (Lipinski definition) is 1. The quantitative estimate of drug-likeness (QED) is 0.789. The van der Waals surface area contributed by atoms with Gasteiger partial charge in [-0.3, -0.25) is 0 Å². The van der Waals surface area contributed by atoms with Gasteiger partial charge in [0.05, 0.1) is 12.7 Å². The van der Waals surface area contributed by atoms with E-state index in [4.69, 9.17) is 9.47 Å². The number of halogens is 1. The van der Waals surface area contributed by atoms with Crippen LogP contribution in [0.25, 0.3) is 0 Å². The number of piperidine rings is 1. The minimum absolute atomic E-state index is 0. The minimum atomic E-state index is -1.05. The lowest BCUT2D eigenvalue weighted by Gasteiger charge is -2.38. The topological polar surface area (TPSA) is 76.1 Å². The zero-order valence-electron chi connectivity index (χ0n) is 15.0. The van der Waals surface area contributed by atoms with Gasteiger partial charge >= 0.3 is 11.9 Å². The van der Waals surface area contributed by atoms with Crippen LogP contribution in [0.3, 0.4) is 0 Å². The SMILES string of the molecule is COc1ccccc1CCN1CCC2(CC1)OC(=O)C(C)=C2C(=O)O.Cl. The van der Waals surface area contributed by atoms with E-state index in [-0.39, 0.29) is 23.6 Å². The van der Waals surface area contributed by atoms with Crippen molar-refractivity contribution in [1.82, 2.24) is 4.90 Å². The first-order valence-electron chi connectivity index (χ1n) is 8.49. The molecule has 2 heterocycles. The standard InChI is InChI=1S/C19H23NO5.ClH/c1-13-16(17(21)22)19(25-18(13)23)8-11-20(12-9-19)10-7-14-5-3-4-6-15(14)24-2;/h3-6H,7-12H2,1-2H3,(H,21,22);1H. The van der Waals surface area contributed by atoms with Gasteiger partial charge in [0.15, 0.2) is 0 Å². The Morgan fingerprint density at radius 3 is 2.58 bits per heavy atom. The van der Waals surface area contributed by atoms with Gasteiger partial charge < -0.3 is 19.5 Å². The van der Waals surface area contributed by atoms with Crippen molar-refractivity contribution in [3.8, 4) is 5.75 Å². The maximum Gasteiger partial charge on any atom is 0.336 e. The average Bonchev–Trinajstić information content (AvgIpc) is 2.85. The predicted octanol–water partition coefficient (Wildman–Crippen LogP) is 2.45. The van der Waals surface area contributed by atoms with Crippen LogP contribution in [0.4, 0.5) is 0 Å². The number of rotatable bonds is 5. The van der Waals surface area contributed by atoms with E-state index < -0.39 is 17.5 Å². The van der Waals surface area contributed by atoms with E-state index in [0.29, 0.717) is 25.9 Å². The second kappa shape index (κ2) is 8.10. The number of esters is 1. The van der Waals surface area contributed by atoms with Crippen LogP contribution >= 0.6 is 12.4 Å². The van der Waals surface area contributed by atoms with E-state index in [2.05, 4.69) is 11.0 Å². The molecule has 142 valence electrons. The van der Waals surface area contributed by atoms with Crippen LogP contribution in [0.15, 0.2) is 35.4 Å². The monoisotopic (exact) mass is 381 g/mol. The third-order valence-electron chi connectivity index (χ3n) is 5.19. The van der Waals surface area contributed by atoms with E-state index in [0.717, 1.165) is 24.3 Å². The molecule has 6 nitrogen and oxygen atoms in total. The van der Waals surface area contributed by atoms with Crippen molar-refractivity contribution in [3.63, 3.8) is 0 Å². The number of carboxylic acids is 1. The number of methoxy groups -OCH3 is 1. The van der Waals surface area contributed by atoms with Gasteiger partial charge in [0.1, 0.15) is 11.4 Å². The summed E-state index contributed by atoms with van der Waals surface area (Å²) in [5.41, 5.74) is 0.574. The van der Waals surface area contributed by atoms with Crippen molar-refractivity contribution < 1.29 is 24.2 Å². The average molecular weight is 382 g/mol. The summed E-state index contributed by atoms with van der Waals surface area (Å²) >= 11 is 0. The highest BCUT2D eigenvalue weighted by Crippen LogP contribution is 2.41. The lowest BCUT2D eigenvalue weighted by molar-refractivity contribution is -0.152. The number of para-hydroxylation sites is 1. The normalized spacial score (nSPS) is 19.2. The molecule has 3 rings (SSSR count). The van der Waals surface area contributed by atoms with Crippen LogP contribution in [-0.4, -0.2) is 54.3 Å². The predicted molar refractivity (Wildman–Crippen MR) is 98.8 cm³/mol. The molecule has 0 aliphatic carbocycles. The Balaban J connectivity index is 0.00000243. The molecule has 0 saturated carbocycles. The van der Waals surface area contributed by atoms with Gasteiger partial charge in [-0.1, -0.05) is 18.2 Å². The zero-order valence-corrected chi connectivity index (χ0v) is 15.8. The van der Waals surface area contributed by atoms with E-state index >= 15 is 0 Å². The maximum absolute atomic E-state index is 11.9. The van der Waals surface area contributed by atoms with Crippen LogP contribution in [-0.2, 0) is 20.7 Å². The van der Waals surface area contributed by atoms with Crippen molar-refractivity contribution in [1.29, 1.82) is 0 Å². The Morgan fingerprint density at radius 1 is 1.31 bits per heavy atom. The molecule has 0 bridgehead atoms. The summed E-state index contributed by atoms with van der Waals surface area (Å²) in [5.74, 6) is -0.668. The third kappa shape index (κ3) is 3.71. The van der Waals surface area contributed by atoms with Crippen molar-refractivity contribution in [2.24, 2.45) is 0 Å². The van der Waals surface area contributed by atoms with Gasteiger partial charge in [0.2, 0.25) is 0 Å². The molecule has 26 heavy (non-hydrogen) atoms. The molecule has 0 unspecified atom stereocenters. The first kappa shape index (κ1) is 20.3. The highest BCUT2D eigenvalue weighted by Gasteiger charge is 2.50.